The van der Waals surface area contributed by atoms with Gasteiger partial charge in [-0.3, -0.25) is 10.1 Å². The van der Waals surface area contributed by atoms with E-state index in [-0.39, 0.29) is 16.5 Å². The minimum absolute atomic E-state index is 0.00914. The smallest absolute Gasteiger partial charge is 0.341 e. The first kappa shape index (κ1) is 15.2. The van der Waals surface area contributed by atoms with Crippen LogP contribution >= 0.6 is 11.6 Å². The number of ether oxygens (including phenoxy) is 2. The highest BCUT2D eigenvalue weighted by atomic mass is 35.5. The molecule has 1 atom stereocenters. The van der Waals surface area contributed by atoms with E-state index in [1.807, 2.05) is 0 Å². The molecule has 0 radical (unpaired) electrons. The zero-order chi connectivity index (χ0) is 14.6. The second kappa shape index (κ2) is 5.85. The molecule has 0 aliphatic rings. The van der Waals surface area contributed by atoms with Crippen molar-refractivity contribution in [2.75, 3.05) is 13.7 Å². The lowest BCUT2D eigenvalue weighted by Crippen LogP contribution is -2.42. The number of methoxy groups -OCH3 is 1. The molecule has 0 saturated carbocycles. The van der Waals surface area contributed by atoms with Gasteiger partial charge in [-0.15, -0.1) is 0 Å². The van der Waals surface area contributed by atoms with Crippen LogP contribution in [0.2, 0.25) is 5.02 Å². The number of rotatable bonds is 5. The van der Waals surface area contributed by atoms with E-state index < -0.39 is 23.1 Å². The van der Waals surface area contributed by atoms with Crippen LogP contribution in [0.15, 0.2) is 18.2 Å². The van der Waals surface area contributed by atoms with Crippen molar-refractivity contribution in [1.82, 2.24) is 0 Å². The summed E-state index contributed by atoms with van der Waals surface area (Å²) < 4.78 is 9.47. The fourth-order valence-electron chi connectivity index (χ4n) is 1.28. The average Bonchev–Trinajstić information content (AvgIpc) is 2.35. The lowest BCUT2D eigenvalue weighted by Gasteiger charge is -2.20. The Morgan fingerprint density at radius 1 is 1.58 bits per heavy atom. The van der Waals surface area contributed by atoms with E-state index in [0.717, 1.165) is 7.11 Å². The van der Waals surface area contributed by atoms with Gasteiger partial charge in [0.2, 0.25) is 5.75 Å². The molecule has 0 fully saturated rings. The Morgan fingerprint density at radius 2 is 2.21 bits per heavy atom. The van der Waals surface area contributed by atoms with Crippen LogP contribution in [-0.4, -0.2) is 35.3 Å². The minimum Gasteiger partial charge on any atom is -0.482 e. The molecule has 8 heteroatoms. The van der Waals surface area contributed by atoms with Crippen molar-refractivity contribution in [3.05, 3.63) is 33.3 Å². The molecular formula is C11H12ClNO6. The summed E-state index contributed by atoms with van der Waals surface area (Å²) >= 11 is 5.79. The fourth-order valence-corrected chi connectivity index (χ4v) is 1.50. The summed E-state index contributed by atoms with van der Waals surface area (Å²) in [6.45, 7) is 0.645. The van der Waals surface area contributed by atoms with Crippen LogP contribution in [0.4, 0.5) is 5.69 Å². The molecule has 0 aromatic heterocycles. The first-order valence-electron chi connectivity index (χ1n) is 5.16. The maximum atomic E-state index is 11.2. The first-order valence-corrected chi connectivity index (χ1v) is 5.54. The van der Waals surface area contributed by atoms with Gasteiger partial charge in [0.25, 0.3) is 0 Å². The van der Waals surface area contributed by atoms with Gasteiger partial charge in [0.15, 0.2) is 5.60 Å². The highest BCUT2D eigenvalue weighted by molar-refractivity contribution is 6.32. The van der Waals surface area contributed by atoms with Gasteiger partial charge in [-0.25, -0.2) is 4.79 Å². The van der Waals surface area contributed by atoms with Crippen LogP contribution < -0.4 is 4.74 Å². The van der Waals surface area contributed by atoms with Crippen molar-refractivity contribution < 1.29 is 24.3 Å². The maximum Gasteiger partial charge on any atom is 0.341 e. The summed E-state index contributed by atoms with van der Waals surface area (Å²) in [6.07, 6.45) is 0. The van der Waals surface area contributed by atoms with Crippen molar-refractivity contribution in [3.63, 3.8) is 0 Å². The highest BCUT2D eigenvalue weighted by Crippen LogP contribution is 2.34. The van der Waals surface area contributed by atoms with Crippen LogP contribution in [0.3, 0.4) is 0 Å². The minimum atomic E-state index is -1.93. The number of hydrogen-bond donors (Lipinski definition) is 1. The monoisotopic (exact) mass is 289 g/mol. The zero-order valence-corrected chi connectivity index (χ0v) is 11.0. The normalized spacial score (nSPS) is 13.5. The number of benzene rings is 1. The van der Waals surface area contributed by atoms with E-state index in [4.69, 9.17) is 16.3 Å². The fraction of sp³-hybridized carbons (Fsp3) is 0.364. The van der Waals surface area contributed by atoms with E-state index in [1.165, 1.54) is 25.1 Å². The quantitative estimate of drug-likeness (QED) is 0.501. The summed E-state index contributed by atoms with van der Waals surface area (Å²) in [4.78, 5) is 21.4. The number of esters is 1. The Kier molecular flexibility index (Phi) is 4.68. The molecule has 0 heterocycles. The highest BCUT2D eigenvalue weighted by Gasteiger charge is 2.33. The first-order chi connectivity index (χ1) is 8.79. The van der Waals surface area contributed by atoms with Gasteiger partial charge >= 0.3 is 11.7 Å². The molecule has 0 bridgehead atoms. The molecule has 1 N–H and O–H groups in total. The lowest BCUT2D eigenvalue weighted by molar-refractivity contribution is -0.386. The van der Waals surface area contributed by atoms with E-state index in [1.54, 1.807) is 0 Å². The van der Waals surface area contributed by atoms with Gasteiger partial charge in [0.1, 0.15) is 6.61 Å². The van der Waals surface area contributed by atoms with Crippen LogP contribution in [-0.2, 0) is 9.53 Å². The molecule has 0 aliphatic heterocycles. The number of carbonyl (C=O) groups excluding carboxylic acids is 1. The third kappa shape index (κ3) is 3.55. The molecule has 1 unspecified atom stereocenters. The van der Waals surface area contributed by atoms with E-state index in [2.05, 4.69) is 4.74 Å². The van der Waals surface area contributed by atoms with Crippen molar-refractivity contribution in [2.24, 2.45) is 0 Å². The Morgan fingerprint density at radius 3 is 2.74 bits per heavy atom. The van der Waals surface area contributed by atoms with Crippen LogP contribution in [0.5, 0.6) is 5.75 Å². The third-order valence-electron chi connectivity index (χ3n) is 2.27. The number of carbonyl (C=O) groups is 1. The van der Waals surface area contributed by atoms with Gasteiger partial charge in [-0.2, -0.15) is 0 Å². The van der Waals surface area contributed by atoms with Gasteiger partial charge < -0.3 is 14.6 Å². The van der Waals surface area contributed by atoms with Crippen LogP contribution in [0.1, 0.15) is 6.92 Å². The summed E-state index contributed by atoms with van der Waals surface area (Å²) in [6, 6.07) is 4.00. The van der Waals surface area contributed by atoms with E-state index >= 15 is 0 Å². The molecule has 19 heavy (non-hydrogen) atoms. The number of nitro groups is 1. The molecular weight excluding hydrogens is 278 g/mol. The summed E-state index contributed by atoms with van der Waals surface area (Å²) in [5.41, 5.74) is -2.28. The Hall–Kier alpha value is -1.86. The maximum absolute atomic E-state index is 11.2. The lowest BCUT2D eigenvalue weighted by atomic mass is 10.1. The van der Waals surface area contributed by atoms with Crippen LogP contribution in [0.25, 0.3) is 0 Å². The predicted molar refractivity (Wildman–Crippen MR) is 66.2 cm³/mol. The zero-order valence-electron chi connectivity index (χ0n) is 10.3. The molecule has 7 nitrogen and oxygen atoms in total. The SMILES string of the molecule is COC(=O)C(C)(O)COc1c(Cl)cccc1[N+](=O)[O-]. The Labute approximate surface area is 113 Å². The molecule has 104 valence electrons. The Bertz CT molecular complexity index is 502. The number of aliphatic hydroxyl groups is 1. The van der Waals surface area contributed by atoms with Crippen LogP contribution in [0, 0.1) is 10.1 Å². The number of para-hydroxylation sites is 1. The molecule has 1 rings (SSSR count). The number of hydrogen-bond acceptors (Lipinski definition) is 6. The molecule has 0 spiro atoms. The summed E-state index contributed by atoms with van der Waals surface area (Å²) in [7, 11) is 1.11. The Balaban J connectivity index is 2.95. The van der Waals surface area contributed by atoms with Crippen molar-refractivity contribution in [3.8, 4) is 5.75 Å². The molecule has 1 aromatic rings. The largest absolute Gasteiger partial charge is 0.482 e. The van der Waals surface area contributed by atoms with Gasteiger partial charge in [-0.1, -0.05) is 17.7 Å². The van der Waals surface area contributed by atoms with Gasteiger partial charge in [-0.05, 0) is 13.0 Å². The van der Waals surface area contributed by atoms with Crippen molar-refractivity contribution in [2.45, 2.75) is 12.5 Å². The second-order valence-corrected chi connectivity index (χ2v) is 4.31. The summed E-state index contributed by atoms with van der Waals surface area (Å²) in [5, 5.41) is 20.6. The third-order valence-corrected chi connectivity index (χ3v) is 2.56. The van der Waals surface area contributed by atoms with Crippen molar-refractivity contribution in [1.29, 1.82) is 0 Å². The van der Waals surface area contributed by atoms with Gasteiger partial charge in [0.05, 0.1) is 17.1 Å². The van der Waals surface area contributed by atoms with E-state index in [9.17, 15) is 20.0 Å². The number of nitro benzene ring substituents is 1. The number of halogens is 1. The van der Waals surface area contributed by atoms with Gasteiger partial charge in [0, 0.05) is 6.07 Å². The molecule has 0 aliphatic carbocycles. The standard InChI is InChI=1S/C11H12ClNO6/c1-11(15,10(14)18-2)6-19-9-7(12)4-3-5-8(9)13(16)17/h3-5,15H,6H2,1-2H3. The van der Waals surface area contributed by atoms with Crippen molar-refractivity contribution >= 4 is 23.3 Å². The second-order valence-electron chi connectivity index (χ2n) is 3.90. The predicted octanol–water partition coefficient (Wildman–Crippen LogP) is 1.55. The summed E-state index contributed by atoms with van der Waals surface area (Å²) in [5.74, 6) is -1.12. The molecule has 0 saturated heterocycles. The topological polar surface area (TPSA) is 98.9 Å². The molecule has 1 aromatic carbocycles. The average molecular weight is 290 g/mol. The number of nitrogens with zero attached hydrogens (tertiary/aromatic N) is 1. The molecule has 0 amide bonds. The van der Waals surface area contributed by atoms with E-state index in [0.29, 0.717) is 0 Å².